The van der Waals surface area contributed by atoms with Crippen molar-refractivity contribution in [2.24, 2.45) is 0 Å². The van der Waals surface area contributed by atoms with Crippen LogP contribution in [0.2, 0.25) is 0 Å². The maximum absolute atomic E-state index is 15.8. The fraction of sp³-hybridized carbons (Fsp3) is 0.281. The van der Waals surface area contributed by atoms with Gasteiger partial charge in [0.2, 0.25) is 0 Å². The minimum atomic E-state index is -2.13. The molecule has 11 heteroatoms. The third-order valence-electron chi connectivity index (χ3n) is 7.75. The van der Waals surface area contributed by atoms with Crippen molar-refractivity contribution < 1.29 is 33.6 Å². The highest BCUT2D eigenvalue weighted by Gasteiger charge is 2.56. The molecule has 1 fully saturated rings. The van der Waals surface area contributed by atoms with Crippen LogP contribution in [-0.2, 0) is 14.9 Å². The van der Waals surface area contributed by atoms with Gasteiger partial charge in [0.05, 0.1) is 12.5 Å². The molecule has 1 aromatic heterocycles. The summed E-state index contributed by atoms with van der Waals surface area (Å²) in [5.41, 5.74) is -1.24. The maximum atomic E-state index is 15.8. The van der Waals surface area contributed by atoms with Crippen LogP contribution < -0.4 is 20.7 Å². The summed E-state index contributed by atoms with van der Waals surface area (Å²) >= 11 is 0. The first kappa shape index (κ1) is 29.9. The van der Waals surface area contributed by atoms with Gasteiger partial charge in [-0.25, -0.2) is 9.18 Å². The number of ether oxygens (including phenoxy) is 3. The van der Waals surface area contributed by atoms with Crippen LogP contribution in [0.15, 0.2) is 94.6 Å². The number of alkyl halides is 1. The Hall–Kier alpha value is -4.58. The van der Waals surface area contributed by atoms with Gasteiger partial charge in [-0.1, -0.05) is 54.6 Å². The Bertz CT molecular complexity index is 1700. The van der Waals surface area contributed by atoms with Gasteiger partial charge in [-0.05, 0) is 47.9 Å². The van der Waals surface area contributed by atoms with Gasteiger partial charge >= 0.3 is 11.7 Å². The minimum absolute atomic E-state index is 0.138. The van der Waals surface area contributed by atoms with Crippen molar-refractivity contribution in [2.45, 2.75) is 50.0 Å². The Balaban J connectivity index is 1.70. The normalized spacial score (nSPS) is 22.0. The lowest BCUT2D eigenvalue weighted by molar-refractivity contribution is -0.131. The van der Waals surface area contributed by atoms with Crippen LogP contribution in [0.5, 0.6) is 11.5 Å². The molecule has 0 saturated carbocycles. The highest BCUT2D eigenvalue weighted by molar-refractivity contribution is 5.69. The van der Waals surface area contributed by atoms with E-state index < -0.39 is 53.3 Å². The number of nitrogens with zero attached hydrogens (tertiary/aromatic N) is 1. The molecule has 1 aliphatic rings. The van der Waals surface area contributed by atoms with Crippen LogP contribution in [0.4, 0.5) is 4.39 Å². The number of aliphatic hydroxyl groups is 2. The van der Waals surface area contributed by atoms with Crippen LogP contribution in [0.3, 0.4) is 0 Å². The summed E-state index contributed by atoms with van der Waals surface area (Å²) in [5, 5.41) is 23.5. The van der Waals surface area contributed by atoms with Crippen molar-refractivity contribution in [3.05, 3.63) is 128 Å². The van der Waals surface area contributed by atoms with Gasteiger partial charge in [-0.3, -0.25) is 19.1 Å². The summed E-state index contributed by atoms with van der Waals surface area (Å²) < 4.78 is 33.2. The lowest BCUT2D eigenvalue weighted by atomic mass is 9.64. The Morgan fingerprint density at radius 3 is 2.09 bits per heavy atom. The molecule has 2 heterocycles. The van der Waals surface area contributed by atoms with E-state index in [9.17, 15) is 24.6 Å². The summed E-state index contributed by atoms with van der Waals surface area (Å²) in [5.74, 6) is 0.322. The van der Waals surface area contributed by atoms with Gasteiger partial charge in [0.25, 0.3) is 5.56 Å². The number of aromatic nitrogens is 2. The average molecular weight is 591 g/mol. The van der Waals surface area contributed by atoms with E-state index in [2.05, 4.69) is 4.98 Å². The molecule has 6 atom stereocenters. The molecule has 5 rings (SSSR count). The van der Waals surface area contributed by atoms with E-state index in [0.29, 0.717) is 22.4 Å². The number of benzene rings is 3. The standard InChI is InChI=1S/C32H31FN2O8/c1-18-17-35(31(40)34-29(18)39)30-25(33)26(37)27(43-30)28(38)32(20-7-5-4-6-8-20,21-9-13-23(41-3)14-10-21)22-11-15-24(16-12-22)42-19(2)36/h4-17,25-28,30,37-38H,1-3H3,(H,34,39,40)/t25?,26-,27-,28?,30+,32?/m0/s1. The number of carbonyl (C=O) groups is 1. The van der Waals surface area contributed by atoms with Crippen molar-refractivity contribution in [2.75, 3.05) is 7.11 Å². The molecule has 0 radical (unpaired) electrons. The van der Waals surface area contributed by atoms with Crippen molar-refractivity contribution >= 4 is 5.97 Å². The molecular formula is C32H31FN2O8. The number of halogens is 1. The lowest BCUT2D eigenvalue weighted by Gasteiger charge is -2.42. The van der Waals surface area contributed by atoms with Gasteiger partial charge in [0.1, 0.15) is 29.8 Å². The number of aromatic amines is 1. The Morgan fingerprint density at radius 1 is 0.977 bits per heavy atom. The van der Waals surface area contributed by atoms with Crippen LogP contribution in [0, 0.1) is 6.92 Å². The van der Waals surface area contributed by atoms with Gasteiger partial charge < -0.3 is 24.4 Å². The molecular weight excluding hydrogens is 559 g/mol. The second-order valence-corrected chi connectivity index (χ2v) is 10.4. The second kappa shape index (κ2) is 12.0. The number of carbonyl (C=O) groups excluding carboxylic acids is 1. The first-order valence-electron chi connectivity index (χ1n) is 13.5. The summed E-state index contributed by atoms with van der Waals surface area (Å²) in [7, 11) is 1.52. The van der Waals surface area contributed by atoms with Crippen molar-refractivity contribution in [3.63, 3.8) is 0 Å². The molecule has 10 nitrogen and oxygen atoms in total. The number of nitrogens with one attached hydrogen (secondary N) is 1. The molecule has 0 spiro atoms. The zero-order valence-corrected chi connectivity index (χ0v) is 23.6. The number of H-pyrrole nitrogens is 1. The topological polar surface area (TPSA) is 140 Å². The smallest absolute Gasteiger partial charge is 0.330 e. The van der Waals surface area contributed by atoms with Crippen molar-refractivity contribution in [3.8, 4) is 11.5 Å². The van der Waals surface area contributed by atoms with Crippen molar-refractivity contribution in [1.82, 2.24) is 9.55 Å². The molecule has 4 aromatic rings. The number of esters is 1. The maximum Gasteiger partial charge on any atom is 0.330 e. The van der Waals surface area contributed by atoms with Crippen LogP contribution in [0.25, 0.3) is 0 Å². The van der Waals surface area contributed by atoms with E-state index in [-0.39, 0.29) is 11.3 Å². The fourth-order valence-corrected chi connectivity index (χ4v) is 5.69. The molecule has 3 N–H and O–H groups in total. The average Bonchev–Trinajstić information content (AvgIpc) is 3.30. The van der Waals surface area contributed by atoms with E-state index in [0.717, 1.165) is 10.8 Å². The number of hydrogen-bond acceptors (Lipinski definition) is 8. The van der Waals surface area contributed by atoms with Gasteiger partial charge in [-0.2, -0.15) is 0 Å². The summed E-state index contributed by atoms with van der Waals surface area (Å²) in [6.07, 6.45) is -7.65. The highest BCUT2D eigenvalue weighted by Crippen LogP contribution is 2.47. The SMILES string of the molecule is COc1ccc(C(c2ccccc2)(c2ccc(OC(C)=O)cc2)C(O)[C@H]2O[C@@H](n3cc(C)c(=O)[nH]c3=O)C(F)[C@@H]2O)cc1. The summed E-state index contributed by atoms with van der Waals surface area (Å²) in [4.78, 5) is 38.2. The van der Waals surface area contributed by atoms with Crippen LogP contribution in [0.1, 0.15) is 35.4 Å². The Kier molecular flexibility index (Phi) is 8.32. The third-order valence-corrected chi connectivity index (χ3v) is 7.75. The number of rotatable bonds is 8. The lowest BCUT2D eigenvalue weighted by Crippen LogP contribution is -2.52. The quantitative estimate of drug-likeness (QED) is 0.162. The second-order valence-electron chi connectivity index (χ2n) is 10.4. The first-order chi connectivity index (χ1) is 20.6. The van der Waals surface area contributed by atoms with E-state index in [1.165, 1.54) is 21.0 Å². The molecule has 0 aliphatic carbocycles. The van der Waals surface area contributed by atoms with Gasteiger partial charge in [0.15, 0.2) is 12.4 Å². The van der Waals surface area contributed by atoms with Crippen LogP contribution in [-0.4, -0.2) is 57.3 Å². The Morgan fingerprint density at radius 2 is 1.53 bits per heavy atom. The molecule has 1 saturated heterocycles. The first-order valence-corrected chi connectivity index (χ1v) is 13.5. The summed E-state index contributed by atoms with van der Waals surface area (Å²) in [6, 6.07) is 22.3. The highest BCUT2D eigenvalue weighted by atomic mass is 19.1. The van der Waals surface area contributed by atoms with E-state index in [1.54, 1.807) is 78.9 Å². The predicted octanol–water partition coefficient (Wildman–Crippen LogP) is 2.77. The molecule has 3 unspecified atom stereocenters. The van der Waals surface area contributed by atoms with Crippen LogP contribution >= 0.6 is 0 Å². The van der Waals surface area contributed by atoms with E-state index in [1.807, 2.05) is 0 Å². The van der Waals surface area contributed by atoms with Crippen molar-refractivity contribution in [1.29, 1.82) is 0 Å². The third kappa shape index (κ3) is 5.38. The number of aliphatic hydroxyl groups excluding tert-OH is 2. The molecule has 1 aliphatic heterocycles. The fourth-order valence-electron chi connectivity index (χ4n) is 5.69. The van der Waals surface area contributed by atoms with E-state index in [4.69, 9.17) is 14.2 Å². The Labute approximate surface area is 245 Å². The van der Waals surface area contributed by atoms with E-state index >= 15 is 4.39 Å². The monoisotopic (exact) mass is 590 g/mol. The summed E-state index contributed by atoms with van der Waals surface area (Å²) in [6.45, 7) is 2.73. The number of aryl methyl sites for hydroxylation is 1. The molecule has 3 aromatic carbocycles. The largest absolute Gasteiger partial charge is 0.497 e. The zero-order chi connectivity index (χ0) is 30.9. The zero-order valence-electron chi connectivity index (χ0n) is 23.6. The van der Waals surface area contributed by atoms with Gasteiger partial charge in [0, 0.05) is 18.7 Å². The molecule has 0 bridgehead atoms. The predicted molar refractivity (Wildman–Crippen MR) is 154 cm³/mol. The van der Waals surface area contributed by atoms with Gasteiger partial charge in [-0.15, -0.1) is 0 Å². The number of hydrogen-bond donors (Lipinski definition) is 3. The minimum Gasteiger partial charge on any atom is -0.497 e. The number of methoxy groups -OCH3 is 1. The molecule has 224 valence electrons. The molecule has 43 heavy (non-hydrogen) atoms. The molecule has 0 amide bonds.